The van der Waals surface area contributed by atoms with Crippen molar-refractivity contribution in [2.45, 2.75) is 19.8 Å². The van der Waals surface area contributed by atoms with E-state index >= 15 is 0 Å². The monoisotopic (exact) mass is 301 g/mol. The van der Waals surface area contributed by atoms with Crippen LogP contribution in [0.3, 0.4) is 0 Å². The minimum absolute atomic E-state index is 0.0460. The molecule has 2 atom stereocenters. The summed E-state index contributed by atoms with van der Waals surface area (Å²) >= 11 is 0. The predicted octanol–water partition coefficient (Wildman–Crippen LogP) is 0.933. The van der Waals surface area contributed by atoms with E-state index in [2.05, 4.69) is 5.32 Å². The van der Waals surface area contributed by atoms with Gasteiger partial charge in [-0.05, 0) is 19.4 Å². The Bertz CT molecular complexity index is 729. The van der Waals surface area contributed by atoms with Crippen molar-refractivity contribution >= 4 is 11.7 Å². The first kappa shape index (κ1) is 15.7. The van der Waals surface area contributed by atoms with Gasteiger partial charge in [0.15, 0.2) is 5.69 Å². The van der Waals surface area contributed by atoms with Gasteiger partial charge in [-0.3, -0.25) is 0 Å². The number of allylic oxidation sites excluding steroid dienone is 3. The molecule has 0 radical (unpaired) electrons. The third-order valence-electron chi connectivity index (χ3n) is 3.58. The zero-order chi connectivity index (χ0) is 16.4. The molecule has 0 bridgehead atoms. The molecule has 0 saturated heterocycles. The number of hydrogen-bond acceptors (Lipinski definition) is 5. The molecule has 0 amide bonds. The second-order valence-corrected chi connectivity index (χ2v) is 4.98. The van der Waals surface area contributed by atoms with Crippen LogP contribution in [0, 0.1) is 16.5 Å². The van der Waals surface area contributed by atoms with E-state index in [1.165, 1.54) is 12.1 Å². The third kappa shape index (κ3) is 2.71. The number of carboxylic acid groups (broad SMARTS) is 1. The van der Waals surface area contributed by atoms with E-state index in [1.54, 1.807) is 26.0 Å². The van der Waals surface area contributed by atoms with Crippen molar-refractivity contribution in [3.8, 4) is 6.07 Å². The van der Waals surface area contributed by atoms with Crippen molar-refractivity contribution in [1.29, 1.82) is 5.26 Å². The van der Waals surface area contributed by atoms with Gasteiger partial charge in [-0.15, -0.1) is 0 Å². The molecule has 1 unspecified atom stereocenters. The molecule has 0 fully saturated rings. The van der Waals surface area contributed by atoms with E-state index in [-0.39, 0.29) is 16.8 Å². The highest BCUT2D eigenvalue weighted by Crippen LogP contribution is 2.38. The van der Waals surface area contributed by atoms with Crippen LogP contribution in [-0.2, 0) is 4.79 Å². The molecule has 1 aliphatic heterocycles. The molecule has 1 aromatic rings. The molecule has 2 rings (SSSR count). The summed E-state index contributed by atoms with van der Waals surface area (Å²) in [4.78, 5) is 11.6. The van der Waals surface area contributed by atoms with Gasteiger partial charge in [0.05, 0.1) is 23.1 Å². The SMILES string of the molecule is CC1=C(C#N)[C@@H](c2cccc([NH+]([O-])O)c2)C(C(=O)O)=C(C)N1. The Hall–Kier alpha value is -2.66. The molecule has 7 nitrogen and oxygen atoms in total. The van der Waals surface area contributed by atoms with Gasteiger partial charge in [0, 0.05) is 23.5 Å². The highest BCUT2D eigenvalue weighted by Gasteiger charge is 2.33. The maximum Gasteiger partial charge on any atom is 0.334 e. The van der Waals surface area contributed by atoms with Gasteiger partial charge in [0.1, 0.15) is 0 Å². The molecule has 0 aliphatic carbocycles. The number of hydrogen-bond donors (Lipinski definition) is 4. The summed E-state index contributed by atoms with van der Waals surface area (Å²) in [6.45, 7) is 3.31. The molecule has 1 aromatic carbocycles. The lowest BCUT2D eigenvalue weighted by Crippen LogP contribution is -2.99. The second-order valence-electron chi connectivity index (χ2n) is 4.98. The molecule has 114 valence electrons. The third-order valence-corrected chi connectivity index (χ3v) is 3.58. The number of nitrogens with one attached hydrogen (secondary N) is 2. The van der Waals surface area contributed by atoms with Gasteiger partial charge in [0.25, 0.3) is 0 Å². The quantitative estimate of drug-likeness (QED) is 0.616. The van der Waals surface area contributed by atoms with Gasteiger partial charge in [-0.2, -0.15) is 10.5 Å². The van der Waals surface area contributed by atoms with Crippen LogP contribution in [0.5, 0.6) is 0 Å². The number of quaternary nitrogens is 1. The molecule has 7 heteroatoms. The summed E-state index contributed by atoms with van der Waals surface area (Å²) in [5.74, 6) is -1.93. The standard InChI is InChI=1S/C15H15N3O4/c1-8-12(7-16)14(13(15(19)20)9(2)17-8)10-4-3-5-11(6-10)18(21)22/h3-6,14,17-18,21H,1-2H3,(H,19,20)/t14-/m1/s1. The van der Waals surface area contributed by atoms with Crippen LogP contribution < -0.4 is 10.5 Å². The van der Waals surface area contributed by atoms with E-state index < -0.39 is 17.1 Å². The normalized spacial score (nSPS) is 19.5. The minimum Gasteiger partial charge on any atom is -0.595 e. The summed E-state index contributed by atoms with van der Waals surface area (Å²) < 4.78 is 0. The zero-order valence-electron chi connectivity index (χ0n) is 12.0. The van der Waals surface area contributed by atoms with Gasteiger partial charge < -0.3 is 15.6 Å². The smallest absolute Gasteiger partial charge is 0.334 e. The van der Waals surface area contributed by atoms with Gasteiger partial charge in [-0.25, -0.2) is 10.0 Å². The average molecular weight is 301 g/mol. The topological polar surface area (TPSA) is 121 Å². The second kappa shape index (κ2) is 5.99. The number of dihydropyridines is 1. The van der Waals surface area contributed by atoms with Crippen LogP contribution in [0.4, 0.5) is 5.69 Å². The Morgan fingerprint density at radius 1 is 1.41 bits per heavy atom. The minimum atomic E-state index is -1.14. The van der Waals surface area contributed by atoms with Crippen molar-refractivity contribution in [2.24, 2.45) is 0 Å². The fraction of sp³-hybridized carbons (Fsp3) is 0.200. The first-order valence-electron chi connectivity index (χ1n) is 6.52. The van der Waals surface area contributed by atoms with Crippen LogP contribution in [0.2, 0.25) is 0 Å². The molecule has 0 saturated carbocycles. The van der Waals surface area contributed by atoms with Gasteiger partial charge in [-0.1, -0.05) is 12.1 Å². The van der Waals surface area contributed by atoms with Crippen LogP contribution in [-0.4, -0.2) is 16.3 Å². The Labute approximate surface area is 126 Å². The van der Waals surface area contributed by atoms with Crippen molar-refractivity contribution in [1.82, 2.24) is 5.32 Å². The summed E-state index contributed by atoms with van der Waals surface area (Å²) in [6.07, 6.45) is 0. The van der Waals surface area contributed by atoms with E-state index in [4.69, 9.17) is 5.21 Å². The van der Waals surface area contributed by atoms with Gasteiger partial charge in [0.2, 0.25) is 0 Å². The molecule has 0 aromatic heterocycles. The number of carboxylic acids is 1. The number of aliphatic carboxylic acids is 1. The Morgan fingerprint density at radius 2 is 2.09 bits per heavy atom. The molecule has 0 spiro atoms. The number of nitrogens with zero attached hydrogens (tertiary/aromatic N) is 1. The van der Waals surface area contributed by atoms with Crippen molar-refractivity contribution in [3.63, 3.8) is 0 Å². The Kier molecular flexibility index (Phi) is 4.28. The van der Waals surface area contributed by atoms with E-state index in [1.807, 2.05) is 6.07 Å². The number of carbonyl (C=O) groups is 1. The van der Waals surface area contributed by atoms with E-state index in [9.17, 15) is 20.4 Å². The summed E-state index contributed by atoms with van der Waals surface area (Å²) in [6, 6.07) is 8.02. The summed E-state index contributed by atoms with van der Waals surface area (Å²) in [5, 5.41) is 40.8. The molecule has 1 heterocycles. The first-order valence-corrected chi connectivity index (χ1v) is 6.52. The average Bonchev–Trinajstić information content (AvgIpc) is 2.46. The highest BCUT2D eigenvalue weighted by atomic mass is 16.8. The molecular formula is C15H15N3O4. The first-order chi connectivity index (χ1) is 10.4. The van der Waals surface area contributed by atoms with Crippen molar-refractivity contribution in [3.05, 3.63) is 57.6 Å². The number of benzene rings is 1. The van der Waals surface area contributed by atoms with Crippen molar-refractivity contribution < 1.29 is 20.3 Å². The molecular weight excluding hydrogens is 286 g/mol. The maximum atomic E-state index is 11.6. The fourth-order valence-electron chi connectivity index (χ4n) is 2.61. The van der Waals surface area contributed by atoms with Gasteiger partial charge >= 0.3 is 5.97 Å². The highest BCUT2D eigenvalue weighted by molar-refractivity contribution is 5.91. The lowest BCUT2D eigenvalue weighted by Gasteiger charge is -2.27. The molecule has 22 heavy (non-hydrogen) atoms. The molecule has 4 N–H and O–H groups in total. The predicted molar refractivity (Wildman–Crippen MR) is 76.7 cm³/mol. The maximum absolute atomic E-state index is 11.6. The Balaban J connectivity index is 2.66. The Morgan fingerprint density at radius 3 is 2.64 bits per heavy atom. The molecule has 1 aliphatic rings. The number of nitriles is 1. The fourth-order valence-corrected chi connectivity index (χ4v) is 2.61. The van der Waals surface area contributed by atoms with Crippen LogP contribution in [0.15, 0.2) is 46.8 Å². The van der Waals surface area contributed by atoms with Crippen LogP contribution in [0.1, 0.15) is 25.3 Å². The van der Waals surface area contributed by atoms with E-state index in [0.29, 0.717) is 17.0 Å². The summed E-state index contributed by atoms with van der Waals surface area (Å²) in [5.41, 5.74) is 1.84. The zero-order valence-corrected chi connectivity index (χ0v) is 12.0. The van der Waals surface area contributed by atoms with Crippen LogP contribution >= 0.6 is 0 Å². The number of rotatable bonds is 3. The summed E-state index contributed by atoms with van der Waals surface area (Å²) in [7, 11) is 0. The van der Waals surface area contributed by atoms with Crippen LogP contribution in [0.25, 0.3) is 0 Å². The largest absolute Gasteiger partial charge is 0.595 e. The lowest BCUT2D eigenvalue weighted by atomic mass is 9.81. The van der Waals surface area contributed by atoms with Crippen molar-refractivity contribution in [2.75, 3.05) is 0 Å². The van der Waals surface area contributed by atoms with E-state index in [0.717, 1.165) is 0 Å². The lowest BCUT2D eigenvalue weighted by molar-refractivity contribution is -0.991.